The molecule has 2 N–H and O–H groups in total. The van der Waals surface area contributed by atoms with E-state index in [1.165, 1.54) is 0 Å². The van der Waals surface area contributed by atoms with Gasteiger partial charge in [0.25, 0.3) is 0 Å². The molecule has 5 nitrogen and oxygen atoms in total. The number of nitrogens with zero attached hydrogens (tertiary/aromatic N) is 1. The van der Waals surface area contributed by atoms with Crippen molar-refractivity contribution in [3.05, 3.63) is 12.2 Å². The zero-order chi connectivity index (χ0) is 13.8. The first kappa shape index (κ1) is 13.9. The Morgan fingerprint density at radius 1 is 1.37 bits per heavy atom. The SMILES string of the molecule is CC1C(C(=O)O)CCN1C(=O)NCC1CC=CCC1. The molecule has 3 atom stereocenters. The fourth-order valence-corrected chi connectivity index (χ4v) is 2.93. The topological polar surface area (TPSA) is 69.6 Å². The van der Waals surface area contributed by atoms with Crippen molar-refractivity contribution < 1.29 is 14.7 Å². The van der Waals surface area contributed by atoms with E-state index in [0.29, 0.717) is 25.4 Å². The molecule has 19 heavy (non-hydrogen) atoms. The van der Waals surface area contributed by atoms with Crippen molar-refractivity contribution in [3.63, 3.8) is 0 Å². The molecule has 2 aliphatic rings. The minimum Gasteiger partial charge on any atom is -0.481 e. The van der Waals surface area contributed by atoms with Gasteiger partial charge in [-0.25, -0.2) is 4.79 Å². The maximum atomic E-state index is 12.1. The van der Waals surface area contributed by atoms with E-state index in [1.54, 1.807) is 4.90 Å². The average Bonchev–Trinajstić information content (AvgIpc) is 2.79. The standard InChI is InChI=1S/C14H22N2O3/c1-10-12(13(17)18)7-8-16(10)14(19)15-9-11-5-3-2-4-6-11/h2-3,10-12H,4-9H2,1H3,(H,15,19)(H,17,18). The van der Waals surface area contributed by atoms with Crippen molar-refractivity contribution in [2.75, 3.05) is 13.1 Å². The second-order valence-corrected chi connectivity index (χ2v) is 5.50. The monoisotopic (exact) mass is 266 g/mol. The molecule has 0 aromatic carbocycles. The van der Waals surface area contributed by atoms with Crippen molar-refractivity contribution in [3.8, 4) is 0 Å². The van der Waals surface area contributed by atoms with Crippen LogP contribution in [0.4, 0.5) is 4.79 Å². The molecule has 0 spiro atoms. The van der Waals surface area contributed by atoms with Gasteiger partial charge in [-0.15, -0.1) is 0 Å². The van der Waals surface area contributed by atoms with Crippen LogP contribution < -0.4 is 5.32 Å². The van der Waals surface area contributed by atoms with Crippen molar-refractivity contribution in [1.29, 1.82) is 0 Å². The van der Waals surface area contributed by atoms with Gasteiger partial charge < -0.3 is 15.3 Å². The van der Waals surface area contributed by atoms with Gasteiger partial charge in [-0.05, 0) is 38.5 Å². The molecule has 1 heterocycles. The maximum absolute atomic E-state index is 12.1. The number of likely N-dealkylation sites (tertiary alicyclic amines) is 1. The van der Waals surface area contributed by atoms with Crippen LogP contribution in [-0.4, -0.2) is 41.1 Å². The Hall–Kier alpha value is -1.52. The number of hydrogen-bond acceptors (Lipinski definition) is 2. The molecule has 0 saturated carbocycles. The van der Waals surface area contributed by atoms with Gasteiger partial charge in [0.15, 0.2) is 0 Å². The summed E-state index contributed by atoms with van der Waals surface area (Å²) in [6, 6.07) is -0.338. The third kappa shape index (κ3) is 3.28. The number of rotatable bonds is 3. The second kappa shape index (κ2) is 6.08. The third-order valence-corrected chi connectivity index (χ3v) is 4.25. The van der Waals surface area contributed by atoms with E-state index in [1.807, 2.05) is 6.92 Å². The molecule has 2 rings (SSSR count). The van der Waals surface area contributed by atoms with Gasteiger partial charge in [0.2, 0.25) is 0 Å². The van der Waals surface area contributed by atoms with Gasteiger partial charge in [0.1, 0.15) is 0 Å². The highest BCUT2D eigenvalue weighted by atomic mass is 16.4. The molecule has 1 saturated heterocycles. The minimum absolute atomic E-state index is 0.120. The van der Waals surface area contributed by atoms with Gasteiger partial charge >= 0.3 is 12.0 Å². The lowest BCUT2D eigenvalue weighted by Gasteiger charge is -2.25. The van der Waals surface area contributed by atoms with Crippen LogP contribution in [0.1, 0.15) is 32.6 Å². The lowest BCUT2D eigenvalue weighted by Crippen LogP contribution is -2.45. The number of carbonyl (C=O) groups excluding carboxylic acids is 1. The van der Waals surface area contributed by atoms with Crippen LogP contribution in [0.5, 0.6) is 0 Å². The predicted octanol–water partition coefficient (Wildman–Crippen LogP) is 1.85. The van der Waals surface area contributed by atoms with E-state index >= 15 is 0 Å². The zero-order valence-electron chi connectivity index (χ0n) is 11.3. The molecule has 0 aromatic rings. The van der Waals surface area contributed by atoms with Crippen LogP contribution in [0.25, 0.3) is 0 Å². The van der Waals surface area contributed by atoms with Gasteiger partial charge in [0, 0.05) is 19.1 Å². The summed E-state index contributed by atoms with van der Waals surface area (Å²) in [5.41, 5.74) is 0. The second-order valence-electron chi connectivity index (χ2n) is 5.50. The Balaban J connectivity index is 1.80. The van der Waals surface area contributed by atoms with Gasteiger partial charge in [0.05, 0.1) is 5.92 Å². The first-order valence-electron chi connectivity index (χ1n) is 7.02. The quantitative estimate of drug-likeness (QED) is 0.766. The minimum atomic E-state index is -0.805. The lowest BCUT2D eigenvalue weighted by atomic mass is 9.94. The summed E-state index contributed by atoms with van der Waals surface area (Å²) >= 11 is 0. The molecule has 0 bridgehead atoms. The number of amides is 2. The molecule has 5 heteroatoms. The molecule has 3 unspecified atom stereocenters. The smallest absolute Gasteiger partial charge is 0.317 e. The highest BCUT2D eigenvalue weighted by molar-refractivity contribution is 5.78. The summed E-state index contributed by atoms with van der Waals surface area (Å²) in [7, 11) is 0. The van der Waals surface area contributed by atoms with Crippen LogP contribution in [0, 0.1) is 11.8 Å². The van der Waals surface area contributed by atoms with Crippen molar-refractivity contribution in [1.82, 2.24) is 10.2 Å². The molecular weight excluding hydrogens is 244 g/mol. The van der Waals surface area contributed by atoms with E-state index in [4.69, 9.17) is 5.11 Å². The molecule has 1 aliphatic carbocycles. The summed E-state index contributed by atoms with van der Waals surface area (Å²) < 4.78 is 0. The predicted molar refractivity (Wildman–Crippen MR) is 71.8 cm³/mol. The fraction of sp³-hybridized carbons (Fsp3) is 0.714. The van der Waals surface area contributed by atoms with Gasteiger partial charge in [-0.3, -0.25) is 4.79 Å². The molecule has 0 aromatic heterocycles. The normalized spacial score (nSPS) is 30.4. The Morgan fingerprint density at radius 3 is 2.74 bits per heavy atom. The number of allylic oxidation sites excluding steroid dienone is 2. The molecule has 1 fully saturated rings. The molecule has 0 radical (unpaired) electrons. The molecule has 1 aliphatic heterocycles. The van der Waals surface area contributed by atoms with Crippen LogP contribution in [0.15, 0.2) is 12.2 Å². The van der Waals surface area contributed by atoms with E-state index < -0.39 is 11.9 Å². The summed E-state index contributed by atoms with van der Waals surface area (Å²) in [6.07, 6.45) is 8.12. The Bertz CT molecular complexity index is 381. The van der Waals surface area contributed by atoms with Crippen LogP contribution in [0.2, 0.25) is 0 Å². The van der Waals surface area contributed by atoms with Crippen molar-refractivity contribution in [2.45, 2.75) is 38.6 Å². The number of nitrogens with one attached hydrogen (secondary N) is 1. The lowest BCUT2D eigenvalue weighted by molar-refractivity contribution is -0.142. The summed E-state index contributed by atoms with van der Waals surface area (Å²) in [4.78, 5) is 24.7. The number of carbonyl (C=O) groups is 2. The fourth-order valence-electron chi connectivity index (χ4n) is 2.93. The Labute approximate surface area is 113 Å². The summed E-state index contributed by atoms with van der Waals surface area (Å²) in [6.45, 7) is 3.04. The number of hydrogen-bond donors (Lipinski definition) is 2. The highest BCUT2D eigenvalue weighted by Gasteiger charge is 2.38. The Morgan fingerprint density at radius 2 is 2.16 bits per heavy atom. The number of carboxylic acid groups (broad SMARTS) is 1. The first-order chi connectivity index (χ1) is 9.09. The number of urea groups is 1. The van der Waals surface area contributed by atoms with Crippen molar-refractivity contribution in [2.24, 2.45) is 11.8 Å². The largest absolute Gasteiger partial charge is 0.481 e. The van der Waals surface area contributed by atoms with Crippen molar-refractivity contribution >= 4 is 12.0 Å². The van der Waals surface area contributed by atoms with E-state index in [2.05, 4.69) is 17.5 Å². The number of carboxylic acids is 1. The molecule has 2 amide bonds. The van der Waals surface area contributed by atoms with Crippen LogP contribution in [-0.2, 0) is 4.79 Å². The third-order valence-electron chi connectivity index (χ3n) is 4.25. The maximum Gasteiger partial charge on any atom is 0.317 e. The number of aliphatic carboxylic acids is 1. The molecular formula is C14H22N2O3. The first-order valence-corrected chi connectivity index (χ1v) is 7.02. The van der Waals surface area contributed by atoms with E-state index in [-0.39, 0.29) is 12.1 Å². The average molecular weight is 266 g/mol. The van der Waals surface area contributed by atoms with Gasteiger partial charge in [-0.2, -0.15) is 0 Å². The Kier molecular flexibility index (Phi) is 4.45. The van der Waals surface area contributed by atoms with Gasteiger partial charge in [-0.1, -0.05) is 12.2 Å². The van der Waals surface area contributed by atoms with Crippen LogP contribution >= 0.6 is 0 Å². The van der Waals surface area contributed by atoms with E-state index in [9.17, 15) is 9.59 Å². The van der Waals surface area contributed by atoms with Crippen LogP contribution in [0.3, 0.4) is 0 Å². The summed E-state index contributed by atoms with van der Waals surface area (Å²) in [5.74, 6) is -0.717. The van der Waals surface area contributed by atoms with E-state index in [0.717, 1.165) is 19.3 Å². The summed E-state index contributed by atoms with van der Waals surface area (Å²) in [5, 5.41) is 12.0. The highest BCUT2D eigenvalue weighted by Crippen LogP contribution is 2.24. The zero-order valence-corrected chi connectivity index (χ0v) is 11.3. The molecule has 106 valence electrons.